The number of nitrogens with two attached hydrogens (primary N) is 1. The van der Waals surface area contributed by atoms with E-state index < -0.39 is 38.4 Å². The van der Waals surface area contributed by atoms with Crippen molar-refractivity contribution in [1.82, 2.24) is 4.90 Å². The first-order chi connectivity index (χ1) is 12.7. The molecular formula is C17H18F2N4O3S. The molecule has 2 fully saturated rings. The number of hydrogen-bond donors (Lipinski definition) is 1. The number of nitrogens with zero attached hydrogens (tertiary/aromatic N) is 3. The maximum absolute atomic E-state index is 14.6. The molecule has 27 heavy (non-hydrogen) atoms. The Labute approximate surface area is 158 Å². The number of nitro groups is 1. The first kappa shape index (κ1) is 18.1. The Morgan fingerprint density at radius 2 is 2.07 bits per heavy atom. The number of amides is 1. The van der Waals surface area contributed by atoms with Crippen LogP contribution in [-0.2, 0) is 10.3 Å². The van der Waals surface area contributed by atoms with Gasteiger partial charge < -0.3 is 10.6 Å². The molecule has 1 aliphatic carbocycles. The molecule has 0 aromatic heterocycles. The smallest absolute Gasteiger partial charge is 0.272 e. The van der Waals surface area contributed by atoms with E-state index in [1.54, 1.807) is 11.8 Å². The SMILES string of the molecule is C[C@]1(c2cc([N+](=O)[O-])cc(F)c2F)N=C(N)S[C@@]2(C(=O)N3CCCC3)CC21. The van der Waals surface area contributed by atoms with Crippen LogP contribution in [0.5, 0.6) is 0 Å². The molecule has 1 saturated carbocycles. The maximum atomic E-state index is 14.6. The van der Waals surface area contributed by atoms with Crippen molar-refractivity contribution in [2.45, 2.75) is 36.5 Å². The van der Waals surface area contributed by atoms with Crippen LogP contribution in [0.25, 0.3) is 0 Å². The number of amidine groups is 1. The Kier molecular flexibility index (Phi) is 3.95. The van der Waals surface area contributed by atoms with Crippen molar-refractivity contribution in [3.05, 3.63) is 39.4 Å². The number of carbonyl (C=O) groups is 1. The topological polar surface area (TPSA) is 102 Å². The third kappa shape index (κ3) is 2.60. The Bertz CT molecular complexity index is 889. The van der Waals surface area contributed by atoms with Crippen LogP contribution in [0.1, 0.15) is 31.7 Å². The molecule has 7 nitrogen and oxygen atoms in total. The van der Waals surface area contributed by atoms with Crippen LogP contribution in [0.4, 0.5) is 14.5 Å². The number of benzene rings is 1. The molecule has 4 rings (SSSR count). The van der Waals surface area contributed by atoms with E-state index in [1.165, 1.54) is 0 Å². The highest BCUT2D eigenvalue weighted by Gasteiger charge is 2.71. The first-order valence-corrected chi connectivity index (χ1v) is 9.48. The summed E-state index contributed by atoms with van der Waals surface area (Å²) in [5.41, 5.74) is 3.82. The highest BCUT2D eigenvalue weighted by atomic mass is 32.2. The molecular weight excluding hydrogens is 378 g/mol. The number of aliphatic imine (C=N–C) groups is 1. The third-order valence-corrected chi connectivity index (χ3v) is 7.03. The van der Waals surface area contributed by atoms with Gasteiger partial charge in [-0.25, -0.2) is 8.78 Å². The summed E-state index contributed by atoms with van der Waals surface area (Å²) in [6, 6.07) is 1.54. The fourth-order valence-electron chi connectivity index (χ4n) is 4.29. The van der Waals surface area contributed by atoms with Gasteiger partial charge in [-0.2, -0.15) is 0 Å². The molecule has 3 aliphatic rings. The second-order valence-corrected chi connectivity index (χ2v) is 8.74. The number of carbonyl (C=O) groups excluding carboxylic acids is 1. The minimum atomic E-state index is -1.35. The van der Waals surface area contributed by atoms with E-state index in [0.29, 0.717) is 25.6 Å². The van der Waals surface area contributed by atoms with E-state index in [9.17, 15) is 23.7 Å². The largest absolute Gasteiger partial charge is 0.378 e. The maximum Gasteiger partial charge on any atom is 0.272 e. The van der Waals surface area contributed by atoms with Gasteiger partial charge in [0.15, 0.2) is 16.8 Å². The molecule has 1 saturated heterocycles. The van der Waals surface area contributed by atoms with Crippen LogP contribution in [0, 0.1) is 27.7 Å². The quantitative estimate of drug-likeness (QED) is 0.625. The second kappa shape index (κ2) is 5.88. The van der Waals surface area contributed by atoms with E-state index in [1.807, 2.05) is 0 Å². The van der Waals surface area contributed by atoms with Gasteiger partial charge in [0.1, 0.15) is 4.75 Å². The van der Waals surface area contributed by atoms with Crippen LogP contribution in [0.15, 0.2) is 17.1 Å². The zero-order valence-electron chi connectivity index (χ0n) is 14.6. The van der Waals surface area contributed by atoms with Crippen LogP contribution in [0.3, 0.4) is 0 Å². The molecule has 2 aliphatic heterocycles. The molecule has 144 valence electrons. The summed E-state index contributed by atoms with van der Waals surface area (Å²) in [5, 5.41) is 11.2. The van der Waals surface area contributed by atoms with Gasteiger partial charge in [-0.15, -0.1) is 0 Å². The Morgan fingerprint density at radius 3 is 2.70 bits per heavy atom. The van der Waals surface area contributed by atoms with Gasteiger partial charge in [0.05, 0.1) is 16.5 Å². The first-order valence-electron chi connectivity index (χ1n) is 8.66. The van der Waals surface area contributed by atoms with Crippen molar-refractivity contribution in [1.29, 1.82) is 0 Å². The van der Waals surface area contributed by atoms with Gasteiger partial charge >= 0.3 is 0 Å². The average molecular weight is 396 g/mol. The van der Waals surface area contributed by atoms with Crippen LogP contribution >= 0.6 is 11.8 Å². The van der Waals surface area contributed by atoms with Crippen molar-refractivity contribution in [3.8, 4) is 0 Å². The molecule has 1 unspecified atom stereocenters. The number of thioether (sulfide) groups is 1. The Balaban J connectivity index is 1.79. The lowest BCUT2D eigenvalue weighted by molar-refractivity contribution is -0.385. The molecule has 1 aromatic carbocycles. The Morgan fingerprint density at radius 1 is 1.41 bits per heavy atom. The number of hydrogen-bond acceptors (Lipinski definition) is 6. The molecule has 0 radical (unpaired) electrons. The van der Waals surface area contributed by atoms with Gasteiger partial charge in [-0.1, -0.05) is 11.8 Å². The summed E-state index contributed by atoms with van der Waals surface area (Å²) in [4.78, 5) is 29.5. The van der Waals surface area contributed by atoms with E-state index >= 15 is 0 Å². The minimum Gasteiger partial charge on any atom is -0.378 e. The van der Waals surface area contributed by atoms with Crippen molar-refractivity contribution in [3.63, 3.8) is 0 Å². The van der Waals surface area contributed by atoms with Gasteiger partial charge in [-0.3, -0.25) is 19.9 Å². The predicted octanol–water partition coefficient (Wildman–Crippen LogP) is 2.53. The van der Waals surface area contributed by atoms with Gasteiger partial charge in [0.25, 0.3) is 5.69 Å². The monoisotopic (exact) mass is 396 g/mol. The summed E-state index contributed by atoms with van der Waals surface area (Å²) in [6.07, 6.45) is 2.28. The van der Waals surface area contributed by atoms with E-state index in [-0.39, 0.29) is 16.6 Å². The summed E-state index contributed by atoms with van der Waals surface area (Å²) >= 11 is 1.16. The number of likely N-dealkylation sites (tertiary alicyclic amines) is 1. The lowest BCUT2D eigenvalue weighted by Gasteiger charge is -2.35. The highest BCUT2D eigenvalue weighted by Crippen LogP contribution is 2.66. The zero-order valence-corrected chi connectivity index (χ0v) is 15.4. The minimum absolute atomic E-state index is 0.0645. The van der Waals surface area contributed by atoms with Gasteiger partial charge in [-0.05, 0) is 26.2 Å². The molecule has 3 atom stereocenters. The number of non-ortho nitro benzene ring substituents is 1. The van der Waals surface area contributed by atoms with Crippen molar-refractivity contribution in [2.75, 3.05) is 13.1 Å². The lowest BCUT2D eigenvalue weighted by Crippen LogP contribution is -2.45. The second-order valence-electron chi connectivity index (χ2n) is 7.39. The van der Waals surface area contributed by atoms with Crippen molar-refractivity contribution < 1.29 is 18.5 Å². The number of fused-ring (bicyclic) bond motifs is 1. The van der Waals surface area contributed by atoms with E-state index in [4.69, 9.17) is 5.73 Å². The summed E-state index contributed by atoms with van der Waals surface area (Å²) in [5.74, 6) is -2.98. The van der Waals surface area contributed by atoms with Gasteiger partial charge in [0, 0.05) is 30.6 Å². The summed E-state index contributed by atoms with van der Waals surface area (Å²) in [6.45, 7) is 2.90. The standard InChI is InChI=1S/C17H18F2N4O3S/c1-16(10-6-9(23(25)26)7-11(18)13(10)19)12-8-17(12,27-15(20)21-16)14(24)22-4-2-3-5-22/h6-7,12H,2-5,8H2,1H3,(H2,20,21)/t12?,16-,17+/m1/s1. The van der Waals surface area contributed by atoms with Crippen LogP contribution in [0.2, 0.25) is 0 Å². The number of halogens is 2. The molecule has 0 spiro atoms. The molecule has 0 bridgehead atoms. The van der Waals surface area contributed by atoms with Crippen LogP contribution in [-0.4, -0.2) is 38.7 Å². The lowest BCUT2D eigenvalue weighted by atomic mass is 9.85. The molecule has 1 amide bonds. The van der Waals surface area contributed by atoms with Crippen molar-refractivity contribution >= 4 is 28.5 Å². The molecule has 2 heterocycles. The zero-order chi connectivity index (χ0) is 19.6. The number of rotatable bonds is 3. The predicted molar refractivity (Wildman–Crippen MR) is 96.2 cm³/mol. The van der Waals surface area contributed by atoms with Crippen LogP contribution < -0.4 is 5.73 Å². The highest BCUT2D eigenvalue weighted by molar-refractivity contribution is 8.15. The van der Waals surface area contributed by atoms with E-state index in [2.05, 4.69) is 4.99 Å². The van der Waals surface area contributed by atoms with Gasteiger partial charge in [0.2, 0.25) is 5.91 Å². The summed E-state index contributed by atoms with van der Waals surface area (Å²) < 4.78 is 27.8. The molecule has 10 heteroatoms. The van der Waals surface area contributed by atoms with Crippen molar-refractivity contribution in [2.24, 2.45) is 16.6 Å². The fraction of sp³-hybridized carbons (Fsp3) is 0.529. The summed E-state index contributed by atoms with van der Waals surface area (Å²) in [7, 11) is 0. The third-order valence-electron chi connectivity index (χ3n) is 5.74. The average Bonchev–Trinajstić information content (AvgIpc) is 3.11. The molecule has 1 aromatic rings. The fourth-order valence-corrected chi connectivity index (χ4v) is 5.74. The van der Waals surface area contributed by atoms with E-state index in [0.717, 1.165) is 30.7 Å². The normalized spacial score (nSPS) is 32.0. The molecule has 2 N–H and O–H groups in total. The Hall–Kier alpha value is -2.23. The number of nitro benzene ring substituents is 1.